The number of nitrogens with zero attached hydrogens (tertiary/aromatic N) is 4. The van der Waals surface area contributed by atoms with Crippen molar-refractivity contribution in [1.29, 1.82) is 0 Å². The van der Waals surface area contributed by atoms with E-state index in [0.29, 0.717) is 6.42 Å². The Morgan fingerprint density at radius 1 is 1.07 bits per heavy atom. The maximum absolute atomic E-state index is 11.9. The molecular weight excluding hydrogens is 376 g/mol. The molecule has 166 valence electrons. The van der Waals surface area contributed by atoms with Gasteiger partial charge in [0.15, 0.2) is 5.96 Å². The highest BCUT2D eigenvalue weighted by atomic mass is 16.2. The molecule has 0 radical (unpaired) electrons. The molecule has 2 aliphatic heterocycles. The quantitative estimate of drug-likeness (QED) is 0.523. The summed E-state index contributed by atoms with van der Waals surface area (Å²) in [6.45, 7) is 13.2. The first-order valence-corrected chi connectivity index (χ1v) is 11.4. The van der Waals surface area contributed by atoms with E-state index in [0.717, 1.165) is 71.3 Å². The smallest absolute Gasteiger partial charge is 0.222 e. The average Bonchev–Trinajstić information content (AvgIpc) is 3.26. The van der Waals surface area contributed by atoms with E-state index in [4.69, 9.17) is 0 Å². The highest BCUT2D eigenvalue weighted by Crippen LogP contribution is 2.14. The number of carbonyl (C=O) groups is 1. The van der Waals surface area contributed by atoms with Gasteiger partial charge in [-0.3, -0.25) is 14.7 Å². The second-order valence-corrected chi connectivity index (χ2v) is 8.23. The molecule has 0 aliphatic carbocycles. The van der Waals surface area contributed by atoms with Crippen molar-refractivity contribution in [3.8, 4) is 0 Å². The van der Waals surface area contributed by atoms with Crippen molar-refractivity contribution in [3.63, 3.8) is 0 Å². The molecule has 0 saturated carbocycles. The molecule has 2 aliphatic rings. The lowest BCUT2D eigenvalue weighted by Gasteiger charge is -2.34. The summed E-state index contributed by atoms with van der Waals surface area (Å²) in [7, 11) is 1.80. The van der Waals surface area contributed by atoms with Crippen molar-refractivity contribution in [2.75, 3.05) is 52.9 Å². The van der Waals surface area contributed by atoms with Gasteiger partial charge in [-0.05, 0) is 24.1 Å². The van der Waals surface area contributed by atoms with E-state index in [1.807, 2.05) is 11.8 Å². The molecule has 7 heteroatoms. The van der Waals surface area contributed by atoms with Gasteiger partial charge in [0.1, 0.15) is 0 Å². The number of carbonyl (C=O) groups excluding carboxylic acids is 1. The van der Waals surface area contributed by atoms with Crippen LogP contribution in [0.25, 0.3) is 0 Å². The van der Waals surface area contributed by atoms with Gasteiger partial charge in [-0.2, -0.15) is 0 Å². The summed E-state index contributed by atoms with van der Waals surface area (Å²) in [6.07, 6.45) is 1.54. The van der Waals surface area contributed by atoms with Gasteiger partial charge in [0, 0.05) is 71.9 Å². The highest BCUT2D eigenvalue weighted by molar-refractivity contribution is 5.80. The van der Waals surface area contributed by atoms with Crippen molar-refractivity contribution in [2.24, 2.45) is 4.99 Å². The van der Waals surface area contributed by atoms with Crippen LogP contribution in [0.1, 0.15) is 37.8 Å². The Bertz CT molecular complexity index is 713. The number of nitrogens with one attached hydrogen (secondary N) is 2. The molecule has 1 atom stereocenters. The van der Waals surface area contributed by atoms with E-state index in [-0.39, 0.29) is 11.9 Å². The number of guanidine groups is 1. The Hall–Kier alpha value is -2.12. The lowest BCUT2D eigenvalue weighted by molar-refractivity contribution is -0.129. The van der Waals surface area contributed by atoms with Gasteiger partial charge in [0.2, 0.25) is 5.91 Å². The van der Waals surface area contributed by atoms with E-state index < -0.39 is 0 Å². The third-order valence-electron chi connectivity index (χ3n) is 6.28. The van der Waals surface area contributed by atoms with Crippen molar-refractivity contribution < 1.29 is 4.79 Å². The molecule has 1 aromatic carbocycles. The van der Waals surface area contributed by atoms with Crippen LogP contribution < -0.4 is 10.6 Å². The zero-order valence-corrected chi connectivity index (χ0v) is 18.9. The van der Waals surface area contributed by atoms with Crippen LogP contribution in [0.2, 0.25) is 0 Å². The van der Waals surface area contributed by atoms with Crippen LogP contribution in [0.15, 0.2) is 29.3 Å². The largest absolute Gasteiger partial charge is 0.352 e. The Morgan fingerprint density at radius 2 is 1.77 bits per heavy atom. The number of aliphatic imine (C=N–C) groups is 1. The van der Waals surface area contributed by atoms with Crippen LogP contribution in [0.5, 0.6) is 0 Å². The van der Waals surface area contributed by atoms with Crippen molar-refractivity contribution in [2.45, 2.75) is 45.8 Å². The maximum atomic E-state index is 11.9. The molecule has 2 heterocycles. The van der Waals surface area contributed by atoms with E-state index in [9.17, 15) is 4.79 Å². The summed E-state index contributed by atoms with van der Waals surface area (Å²) >= 11 is 0. The molecule has 1 amide bonds. The van der Waals surface area contributed by atoms with Gasteiger partial charge in [-0.25, -0.2) is 0 Å². The van der Waals surface area contributed by atoms with Crippen LogP contribution in [-0.4, -0.2) is 85.5 Å². The fourth-order valence-electron chi connectivity index (χ4n) is 4.28. The summed E-state index contributed by atoms with van der Waals surface area (Å²) in [5, 5.41) is 6.96. The second kappa shape index (κ2) is 11.3. The van der Waals surface area contributed by atoms with E-state index in [1.54, 1.807) is 7.05 Å². The Labute approximate surface area is 181 Å². The molecule has 3 rings (SSSR count). The first kappa shape index (κ1) is 22.6. The van der Waals surface area contributed by atoms with Gasteiger partial charge in [0.25, 0.3) is 0 Å². The zero-order valence-electron chi connectivity index (χ0n) is 18.9. The molecule has 1 unspecified atom stereocenters. The van der Waals surface area contributed by atoms with Crippen LogP contribution in [0.3, 0.4) is 0 Å². The average molecular weight is 415 g/mol. The third kappa shape index (κ3) is 6.19. The second-order valence-electron chi connectivity index (χ2n) is 8.23. The Kier molecular flexibility index (Phi) is 8.51. The summed E-state index contributed by atoms with van der Waals surface area (Å²) in [5.41, 5.74) is 2.69. The molecule has 2 N–H and O–H groups in total. The SMILES string of the molecule is CCC(=O)N1CCC(NC(=NC)NCc2ccccc2CN2CCN(CC)CC2)C1. The van der Waals surface area contributed by atoms with Gasteiger partial charge < -0.3 is 20.4 Å². The number of amides is 1. The minimum absolute atomic E-state index is 0.232. The molecular formula is C23H38N6O. The fraction of sp³-hybridized carbons (Fsp3) is 0.652. The van der Waals surface area contributed by atoms with Gasteiger partial charge in [-0.15, -0.1) is 0 Å². The van der Waals surface area contributed by atoms with Crippen LogP contribution >= 0.6 is 0 Å². The minimum atomic E-state index is 0.232. The van der Waals surface area contributed by atoms with Gasteiger partial charge in [0.05, 0.1) is 0 Å². The number of piperazine rings is 1. The van der Waals surface area contributed by atoms with E-state index >= 15 is 0 Å². The van der Waals surface area contributed by atoms with Crippen molar-refractivity contribution in [1.82, 2.24) is 25.3 Å². The molecule has 2 fully saturated rings. The van der Waals surface area contributed by atoms with E-state index in [1.165, 1.54) is 11.1 Å². The van der Waals surface area contributed by atoms with Crippen LogP contribution in [-0.2, 0) is 17.9 Å². The summed E-state index contributed by atoms with van der Waals surface area (Å²) in [4.78, 5) is 23.3. The molecule has 2 saturated heterocycles. The topological polar surface area (TPSA) is 63.2 Å². The summed E-state index contributed by atoms with van der Waals surface area (Å²) in [6, 6.07) is 8.94. The number of rotatable bonds is 7. The van der Waals surface area contributed by atoms with Gasteiger partial charge in [-0.1, -0.05) is 38.1 Å². The summed E-state index contributed by atoms with van der Waals surface area (Å²) in [5.74, 6) is 1.04. The zero-order chi connectivity index (χ0) is 21.3. The predicted molar refractivity (Wildman–Crippen MR) is 122 cm³/mol. The monoisotopic (exact) mass is 414 g/mol. The number of hydrogen-bond acceptors (Lipinski definition) is 4. The maximum Gasteiger partial charge on any atom is 0.222 e. The lowest BCUT2D eigenvalue weighted by atomic mass is 10.1. The molecule has 30 heavy (non-hydrogen) atoms. The molecule has 0 bridgehead atoms. The summed E-state index contributed by atoms with van der Waals surface area (Å²) < 4.78 is 0. The van der Waals surface area contributed by atoms with E-state index in [2.05, 4.69) is 56.6 Å². The molecule has 1 aromatic rings. The molecule has 0 aromatic heterocycles. The first-order valence-electron chi connectivity index (χ1n) is 11.4. The number of hydrogen-bond donors (Lipinski definition) is 2. The standard InChI is InChI=1S/C23H38N6O/c1-4-22(30)29-11-10-21(18-29)26-23(24-3)25-16-19-8-6-7-9-20(19)17-28-14-12-27(5-2)13-15-28/h6-9,21H,4-5,10-18H2,1-3H3,(H2,24,25,26). The fourth-order valence-corrected chi connectivity index (χ4v) is 4.28. The van der Waals surface area contributed by atoms with Crippen LogP contribution in [0.4, 0.5) is 0 Å². The molecule has 0 spiro atoms. The molecule has 7 nitrogen and oxygen atoms in total. The number of likely N-dealkylation sites (N-methyl/N-ethyl adjacent to an activating group) is 1. The van der Waals surface area contributed by atoms with Crippen LogP contribution in [0, 0.1) is 0 Å². The third-order valence-corrected chi connectivity index (χ3v) is 6.28. The Balaban J connectivity index is 1.51. The van der Waals surface area contributed by atoms with Crippen molar-refractivity contribution in [3.05, 3.63) is 35.4 Å². The van der Waals surface area contributed by atoms with Gasteiger partial charge >= 0.3 is 0 Å². The first-order chi connectivity index (χ1) is 14.6. The van der Waals surface area contributed by atoms with Crippen molar-refractivity contribution >= 4 is 11.9 Å². The highest BCUT2D eigenvalue weighted by Gasteiger charge is 2.25. The normalized spacial score (nSPS) is 21.1. The number of likely N-dealkylation sites (tertiary alicyclic amines) is 1. The Morgan fingerprint density at radius 3 is 2.43 bits per heavy atom. The number of benzene rings is 1. The predicted octanol–water partition coefficient (Wildman–Crippen LogP) is 1.50. The minimum Gasteiger partial charge on any atom is -0.352 e. The lowest BCUT2D eigenvalue weighted by Crippen LogP contribution is -2.46.